The molecule has 48 heavy (non-hydrogen) atoms. The number of carbonyl (C=O) groups is 3. The fourth-order valence-corrected chi connectivity index (χ4v) is 5.17. The van der Waals surface area contributed by atoms with Crippen molar-refractivity contribution in [3.05, 3.63) is 89.7 Å². The van der Waals surface area contributed by atoms with Crippen LogP contribution in [0.15, 0.2) is 72.9 Å². The van der Waals surface area contributed by atoms with Gasteiger partial charge in [-0.25, -0.2) is 9.78 Å². The van der Waals surface area contributed by atoms with E-state index >= 15 is 0 Å². The zero-order valence-electron chi connectivity index (χ0n) is 27.6. The highest BCUT2D eigenvalue weighted by Gasteiger charge is 2.36. The number of hydrogen-bond acceptors (Lipinski definition) is 11. The summed E-state index contributed by atoms with van der Waals surface area (Å²) in [7, 11) is 1.39. The first-order valence-electron chi connectivity index (χ1n) is 16.0. The molecule has 1 saturated heterocycles. The number of methoxy groups -OCH3 is 1. The van der Waals surface area contributed by atoms with Crippen LogP contribution in [0.2, 0.25) is 0 Å². The summed E-state index contributed by atoms with van der Waals surface area (Å²) in [6.07, 6.45) is 2.72. The summed E-state index contributed by atoms with van der Waals surface area (Å²) in [5.74, 6) is -1.89. The van der Waals surface area contributed by atoms with Crippen LogP contribution in [0.4, 0.5) is 0 Å². The van der Waals surface area contributed by atoms with Crippen molar-refractivity contribution in [2.45, 2.75) is 63.9 Å². The number of nitrogens with one attached hydrogen (secondary N) is 1. The molecule has 4 rings (SSSR count). The minimum Gasteiger partial charge on any atom is -0.493 e. The lowest BCUT2D eigenvalue weighted by molar-refractivity contribution is -0.167. The molecule has 1 amide bonds. The maximum absolute atomic E-state index is 13.4. The van der Waals surface area contributed by atoms with E-state index in [4.69, 9.17) is 33.2 Å². The molecule has 1 aliphatic rings. The molecular weight excluding hydrogens is 620 g/mol. The van der Waals surface area contributed by atoms with Crippen molar-refractivity contribution >= 4 is 17.8 Å². The van der Waals surface area contributed by atoms with Gasteiger partial charge in [-0.15, -0.1) is 0 Å². The molecule has 3 aromatic rings. The number of carbonyl (C=O) groups excluding carboxylic acids is 3. The molecule has 2 aromatic carbocycles. The molecule has 0 saturated carbocycles. The molecular formula is C36H44N2O10. The van der Waals surface area contributed by atoms with Gasteiger partial charge in [0.25, 0.3) is 5.91 Å². The standard InChI is InChI=1S/C36H44N2O10/c1-25-33(45-21-11-17-28-14-8-5-9-15-28)31(44-20-10-16-27-12-6-4-7-13-27)23-43-22-29(36(41)48-25)38-35(40)32-34(47-24-46-26(2)39)30(42-3)18-19-37-32/h4-9,12-15,18-19,25,29,31,33H,10-11,16-17,20-24H2,1-3H3,(H,38,40). The lowest BCUT2D eigenvalue weighted by Gasteiger charge is -2.30. The van der Waals surface area contributed by atoms with Gasteiger partial charge in [-0.3, -0.25) is 9.59 Å². The minimum absolute atomic E-state index is 0.0580. The number of aromatic nitrogens is 1. The Morgan fingerprint density at radius 2 is 1.56 bits per heavy atom. The van der Waals surface area contributed by atoms with E-state index < -0.39 is 49.0 Å². The van der Waals surface area contributed by atoms with E-state index in [2.05, 4.69) is 34.6 Å². The van der Waals surface area contributed by atoms with E-state index in [1.807, 2.05) is 36.4 Å². The summed E-state index contributed by atoms with van der Waals surface area (Å²) < 4.78 is 40.1. The molecule has 0 spiro atoms. The van der Waals surface area contributed by atoms with Gasteiger partial charge in [0.2, 0.25) is 6.79 Å². The highest BCUT2D eigenvalue weighted by atomic mass is 16.7. The van der Waals surface area contributed by atoms with Gasteiger partial charge in [0.15, 0.2) is 23.2 Å². The Labute approximate surface area is 281 Å². The molecule has 1 N–H and O–H groups in total. The summed E-state index contributed by atoms with van der Waals surface area (Å²) in [5, 5.41) is 2.64. The van der Waals surface area contributed by atoms with E-state index in [1.54, 1.807) is 6.92 Å². The largest absolute Gasteiger partial charge is 0.493 e. The van der Waals surface area contributed by atoms with Crippen LogP contribution in [0.5, 0.6) is 11.5 Å². The first kappa shape index (κ1) is 36.3. The van der Waals surface area contributed by atoms with Crippen LogP contribution in [-0.4, -0.2) is 87.5 Å². The summed E-state index contributed by atoms with van der Waals surface area (Å²) >= 11 is 0. The number of amides is 1. The predicted molar refractivity (Wildman–Crippen MR) is 175 cm³/mol. The average molecular weight is 665 g/mol. The molecule has 12 heteroatoms. The topological polar surface area (TPSA) is 141 Å². The van der Waals surface area contributed by atoms with E-state index in [0.717, 1.165) is 25.7 Å². The molecule has 1 aromatic heterocycles. The zero-order valence-corrected chi connectivity index (χ0v) is 27.6. The van der Waals surface area contributed by atoms with Gasteiger partial charge >= 0.3 is 11.9 Å². The summed E-state index contributed by atoms with van der Waals surface area (Å²) in [5.41, 5.74) is 2.24. The number of benzene rings is 2. The zero-order chi connectivity index (χ0) is 34.1. The molecule has 1 fully saturated rings. The smallest absolute Gasteiger partial charge is 0.331 e. The number of cyclic esters (lactones) is 1. The van der Waals surface area contributed by atoms with Gasteiger partial charge in [0.1, 0.15) is 18.3 Å². The van der Waals surface area contributed by atoms with Crippen LogP contribution >= 0.6 is 0 Å². The first-order valence-corrected chi connectivity index (χ1v) is 16.0. The molecule has 258 valence electrons. The van der Waals surface area contributed by atoms with E-state index in [-0.39, 0.29) is 30.4 Å². The van der Waals surface area contributed by atoms with Crippen LogP contribution in [0.25, 0.3) is 0 Å². The third-order valence-corrected chi connectivity index (χ3v) is 7.60. The molecule has 12 nitrogen and oxygen atoms in total. The third kappa shape index (κ3) is 11.3. The molecule has 0 radical (unpaired) electrons. The number of rotatable bonds is 16. The lowest BCUT2D eigenvalue weighted by atomic mass is 10.1. The molecule has 1 aliphatic heterocycles. The number of esters is 2. The number of ether oxygens (including phenoxy) is 7. The maximum atomic E-state index is 13.4. The Morgan fingerprint density at radius 3 is 2.19 bits per heavy atom. The Kier molecular flexibility index (Phi) is 14.6. The second-order valence-electron chi connectivity index (χ2n) is 11.2. The van der Waals surface area contributed by atoms with E-state index in [9.17, 15) is 14.4 Å². The monoisotopic (exact) mass is 664 g/mol. The Balaban J connectivity index is 1.43. The van der Waals surface area contributed by atoms with Crippen molar-refractivity contribution in [2.75, 3.05) is 40.3 Å². The number of pyridine rings is 1. The fourth-order valence-electron chi connectivity index (χ4n) is 5.17. The van der Waals surface area contributed by atoms with Crippen molar-refractivity contribution in [2.24, 2.45) is 0 Å². The molecule has 4 atom stereocenters. The molecule has 2 heterocycles. The van der Waals surface area contributed by atoms with Crippen molar-refractivity contribution in [3.63, 3.8) is 0 Å². The minimum atomic E-state index is -1.18. The van der Waals surface area contributed by atoms with Gasteiger partial charge in [-0.05, 0) is 43.7 Å². The first-order chi connectivity index (χ1) is 23.4. The average Bonchev–Trinajstić information content (AvgIpc) is 3.14. The fraction of sp³-hybridized carbons (Fsp3) is 0.444. The normalized spacial score (nSPS) is 19.6. The number of aryl methyl sites for hydroxylation is 2. The second-order valence-corrected chi connectivity index (χ2v) is 11.2. The predicted octanol–water partition coefficient (Wildman–Crippen LogP) is 4.09. The number of nitrogens with zero attached hydrogens (tertiary/aromatic N) is 1. The van der Waals surface area contributed by atoms with Gasteiger partial charge < -0.3 is 38.5 Å². The number of hydrogen-bond donors (Lipinski definition) is 1. The quantitative estimate of drug-likeness (QED) is 0.135. The van der Waals surface area contributed by atoms with Crippen molar-refractivity contribution in [1.82, 2.24) is 10.3 Å². The van der Waals surface area contributed by atoms with Crippen LogP contribution in [-0.2, 0) is 46.1 Å². The maximum Gasteiger partial charge on any atom is 0.331 e. The molecule has 0 aliphatic carbocycles. The SMILES string of the molecule is COc1ccnc(C(=O)NC2COCC(OCCCc3ccccc3)C(OCCCc3ccccc3)C(C)OC2=O)c1OCOC(C)=O. The van der Waals surface area contributed by atoms with Crippen LogP contribution in [0, 0.1) is 0 Å². The van der Waals surface area contributed by atoms with Gasteiger partial charge in [0.05, 0.1) is 20.3 Å². The lowest BCUT2D eigenvalue weighted by Crippen LogP contribution is -2.47. The summed E-state index contributed by atoms with van der Waals surface area (Å²) in [6.45, 7) is 3.29. The van der Waals surface area contributed by atoms with E-state index in [0.29, 0.717) is 13.2 Å². The second kappa shape index (κ2) is 19.3. The van der Waals surface area contributed by atoms with Crippen LogP contribution in [0.1, 0.15) is 48.3 Å². The van der Waals surface area contributed by atoms with Gasteiger partial charge in [-0.1, -0.05) is 60.7 Å². The highest BCUT2D eigenvalue weighted by Crippen LogP contribution is 2.29. The molecule has 4 unspecified atom stereocenters. The van der Waals surface area contributed by atoms with Crippen molar-refractivity contribution in [3.8, 4) is 11.5 Å². The van der Waals surface area contributed by atoms with Gasteiger partial charge in [0, 0.05) is 32.4 Å². The third-order valence-electron chi connectivity index (χ3n) is 7.60. The Hall–Kier alpha value is -4.52. The van der Waals surface area contributed by atoms with Crippen molar-refractivity contribution < 1.29 is 47.5 Å². The molecule has 0 bridgehead atoms. The van der Waals surface area contributed by atoms with Crippen LogP contribution < -0.4 is 14.8 Å². The Morgan fingerprint density at radius 1 is 0.917 bits per heavy atom. The van der Waals surface area contributed by atoms with Gasteiger partial charge in [-0.2, -0.15) is 0 Å². The summed E-state index contributed by atoms with van der Waals surface area (Å²) in [4.78, 5) is 42.1. The van der Waals surface area contributed by atoms with Crippen LogP contribution in [0.3, 0.4) is 0 Å². The van der Waals surface area contributed by atoms with E-state index in [1.165, 1.54) is 37.4 Å². The van der Waals surface area contributed by atoms with Crippen molar-refractivity contribution in [1.29, 1.82) is 0 Å². The summed E-state index contributed by atoms with van der Waals surface area (Å²) in [6, 6.07) is 20.6. The highest BCUT2D eigenvalue weighted by molar-refractivity contribution is 5.98. The Bertz CT molecular complexity index is 1440.